The fourth-order valence-electron chi connectivity index (χ4n) is 4.23. The van der Waals surface area contributed by atoms with Crippen molar-refractivity contribution < 1.29 is 14.3 Å². The third-order valence-electron chi connectivity index (χ3n) is 6.67. The highest BCUT2D eigenvalue weighted by atomic mass is 16.5. The smallest absolute Gasteiger partial charge is 0.309 e. The van der Waals surface area contributed by atoms with Crippen molar-refractivity contribution in [2.75, 3.05) is 13.7 Å². The number of hydrogen-bond donors (Lipinski definition) is 0. The molecule has 0 bridgehead atoms. The van der Waals surface area contributed by atoms with Crippen LogP contribution in [-0.2, 0) is 29.5 Å². The number of esters is 1. The molecule has 5 rings (SSSR count). The first-order valence-corrected chi connectivity index (χ1v) is 11.4. The zero-order valence-corrected chi connectivity index (χ0v) is 19.1. The molecule has 3 heterocycles. The lowest BCUT2D eigenvalue weighted by Crippen LogP contribution is -2.37. The molecule has 3 aromatic rings. The van der Waals surface area contributed by atoms with Gasteiger partial charge in [-0.3, -0.25) is 4.79 Å². The molecule has 2 atom stereocenters. The van der Waals surface area contributed by atoms with Crippen molar-refractivity contribution in [2.24, 2.45) is 24.8 Å². The van der Waals surface area contributed by atoms with Crippen LogP contribution in [0.5, 0.6) is 5.75 Å². The summed E-state index contributed by atoms with van der Waals surface area (Å²) in [7, 11) is 3.29. The van der Waals surface area contributed by atoms with Gasteiger partial charge in [-0.2, -0.15) is 0 Å². The number of carbonyl (C=O) groups is 1. The Balaban J connectivity index is 1.30. The van der Waals surface area contributed by atoms with E-state index in [1.54, 1.807) is 4.68 Å². The maximum atomic E-state index is 11.8. The van der Waals surface area contributed by atoms with Gasteiger partial charge in [0.2, 0.25) is 0 Å². The summed E-state index contributed by atoms with van der Waals surface area (Å²) in [4.78, 5) is 16.5. The zero-order valence-electron chi connectivity index (χ0n) is 19.1. The summed E-state index contributed by atoms with van der Waals surface area (Å²) < 4.78 is 14.4. The lowest BCUT2D eigenvalue weighted by molar-refractivity contribution is -0.152. The number of ether oxygens (including phenoxy) is 2. The van der Waals surface area contributed by atoms with Gasteiger partial charge in [0.1, 0.15) is 11.4 Å². The summed E-state index contributed by atoms with van der Waals surface area (Å²) in [5, 5.41) is 20.8. The Morgan fingerprint density at radius 1 is 1.15 bits per heavy atom. The minimum absolute atomic E-state index is 0.0687. The minimum Gasteiger partial charge on any atom is -0.491 e. The van der Waals surface area contributed by atoms with E-state index in [0.29, 0.717) is 30.5 Å². The van der Waals surface area contributed by atoms with Crippen LogP contribution in [0.4, 0.5) is 0 Å². The van der Waals surface area contributed by atoms with Crippen LogP contribution in [0, 0.1) is 24.7 Å². The van der Waals surface area contributed by atoms with E-state index in [0.717, 1.165) is 42.2 Å². The number of aryl methyl sites for hydroxylation is 2. The predicted octanol–water partition coefficient (Wildman–Crippen LogP) is 1.75. The Morgan fingerprint density at radius 3 is 2.70 bits per heavy atom. The van der Waals surface area contributed by atoms with E-state index in [1.807, 2.05) is 30.8 Å². The number of tetrazole rings is 1. The van der Waals surface area contributed by atoms with Gasteiger partial charge in [0.05, 0.1) is 43.3 Å². The average Bonchev–Trinajstić information content (AvgIpc) is 3.38. The number of nitrogens with zero attached hydrogens (tertiary/aromatic N) is 8. The molecule has 2 saturated carbocycles. The Bertz CT molecular complexity index is 1150. The van der Waals surface area contributed by atoms with Crippen LogP contribution in [0.25, 0.3) is 11.4 Å². The van der Waals surface area contributed by atoms with Crippen molar-refractivity contribution in [3.8, 4) is 17.1 Å². The number of carbonyl (C=O) groups excluding carboxylic acids is 1. The molecule has 33 heavy (non-hydrogen) atoms. The van der Waals surface area contributed by atoms with E-state index in [-0.39, 0.29) is 17.8 Å². The van der Waals surface area contributed by atoms with Gasteiger partial charge in [0.15, 0.2) is 5.82 Å². The van der Waals surface area contributed by atoms with Gasteiger partial charge in [-0.15, -0.1) is 10.2 Å². The van der Waals surface area contributed by atoms with Crippen molar-refractivity contribution in [1.29, 1.82) is 0 Å². The van der Waals surface area contributed by atoms with Crippen LogP contribution in [0.2, 0.25) is 0 Å². The summed E-state index contributed by atoms with van der Waals surface area (Å²) in [6, 6.07) is 3.79. The highest BCUT2D eigenvalue weighted by Crippen LogP contribution is 2.36. The van der Waals surface area contributed by atoms with Gasteiger partial charge < -0.3 is 9.47 Å². The fraction of sp³-hybridized carbons (Fsp3) is 0.591. The molecule has 0 aromatic carbocycles. The summed E-state index contributed by atoms with van der Waals surface area (Å²) >= 11 is 0. The van der Waals surface area contributed by atoms with Crippen molar-refractivity contribution in [1.82, 2.24) is 40.2 Å². The van der Waals surface area contributed by atoms with Gasteiger partial charge in [0, 0.05) is 19.4 Å². The quantitative estimate of drug-likeness (QED) is 0.447. The highest BCUT2D eigenvalue weighted by Gasteiger charge is 2.38. The van der Waals surface area contributed by atoms with Crippen molar-refractivity contribution >= 4 is 5.97 Å². The second kappa shape index (κ2) is 8.87. The van der Waals surface area contributed by atoms with Crippen molar-refractivity contribution in [3.05, 3.63) is 29.3 Å². The molecule has 0 saturated heterocycles. The molecule has 11 nitrogen and oxygen atoms in total. The molecule has 2 aliphatic rings. The molecular weight excluding hydrogens is 424 g/mol. The Hall–Kier alpha value is -3.37. The third-order valence-corrected chi connectivity index (χ3v) is 6.67. The lowest BCUT2D eigenvalue weighted by atomic mass is 9.74. The monoisotopic (exact) mass is 452 g/mol. The van der Waals surface area contributed by atoms with E-state index in [1.165, 1.54) is 20.0 Å². The van der Waals surface area contributed by atoms with Crippen LogP contribution in [-0.4, -0.2) is 59.9 Å². The number of aromatic nitrogens is 8. The Labute approximate surface area is 191 Å². The topological polar surface area (TPSA) is 123 Å². The second-order valence-corrected chi connectivity index (χ2v) is 8.97. The van der Waals surface area contributed by atoms with E-state index in [9.17, 15) is 4.79 Å². The first-order chi connectivity index (χ1) is 16.0. The van der Waals surface area contributed by atoms with E-state index >= 15 is 0 Å². The normalized spacial score (nSPS) is 19.8. The van der Waals surface area contributed by atoms with E-state index in [4.69, 9.17) is 14.5 Å². The van der Waals surface area contributed by atoms with Crippen LogP contribution in [0.1, 0.15) is 42.9 Å². The van der Waals surface area contributed by atoms with Crippen LogP contribution < -0.4 is 4.74 Å². The molecule has 2 aliphatic carbocycles. The maximum Gasteiger partial charge on any atom is 0.309 e. The molecule has 3 aromatic heterocycles. The molecule has 0 N–H and O–H groups in total. The summed E-state index contributed by atoms with van der Waals surface area (Å²) in [5.74, 6) is 2.24. The predicted molar refractivity (Wildman–Crippen MR) is 116 cm³/mol. The first kappa shape index (κ1) is 21.5. The van der Waals surface area contributed by atoms with Crippen molar-refractivity contribution in [3.63, 3.8) is 0 Å². The molecule has 2 fully saturated rings. The molecule has 11 heteroatoms. The maximum absolute atomic E-state index is 11.8. The van der Waals surface area contributed by atoms with E-state index < -0.39 is 0 Å². The largest absolute Gasteiger partial charge is 0.491 e. The standard InChI is InChI=1S/C22H28N8O3/c1-13-19(33-12-15-6-7-16(15)22(31)32-3)9-8-17(23-13)21-18(29(2)27-25-21)11-30-20(24-26-28-30)10-14-4-5-14/h8-9,14-16H,4-7,10-12H2,1-3H3/t15-,16+/m0/s1. The molecule has 0 amide bonds. The molecule has 174 valence electrons. The van der Waals surface area contributed by atoms with Crippen molar-refractivity contribution in [2.45, 2.75) is 45.6 Å². The van der Waals surface area contributed by atoms with Crippen LogP contribution in [0.3, 0.4) is 0 Å². The molecule has 0 radical (unpaired) electrons. The number of methoxy groups -OCH3 is 1. The number of pyridine rings is 1. The average molecular weight is 453 g/mol. The number of hydrogen-bond acceptors (Lipinski definition) is 9. The molecular formula is C22H28N8O3. The Kier molecular flexibility index (Phi) is 5.77. The van der Waals surface area contributed by atoms with Gasteiger partial charge >= 0.3 is 5.97 Å². The highest BCUT2D eigenvalue weighted by molar-refractivity contribution is 5.73. The van der Waals surface area contributed by atoms with E-state index in [2.05, 4.69) is 25.8 Å². The first-order valence-electron chi connectivity index (χ1n) is 11.4. The molecule has 0 spiro atoms. The second-order valence-electron chi connectivity index (χ2n) is 8.97. The summed E-state index contributed by atoms with van der Waals surface area (Å²) in [6.07, 6.45) is 5.21. The van der Waals surface area contributed by atoms with Gasteiger partial charge in [-0.25, -0.2) is 14.3 Å². The molecule has 0 unspecified atom stereocenters. The van der Waals surface area contributed by atoms with Crippen LogP contribution >= 0.6 is 0 Å². The minimum atomic E-state index is -0.155. The lowest BCUT2D eigenvalue weighted by Gasteiger charge is -2.34. The van der Waals surface area contributed by atoms with Gasteiger partial charge in [-0.1, -0.05) is 5.21 Å². The SMILES string of the molecule is COC(=O)[C@@H]1CC[C@H]1COc1ccc(-c2nnn(C)c2Cn2nnnc2CC2CC2)nc1C. The Morgan fingerprint density at radius 2 is 2.00 bits per heavy atom. The number of rotatable bonds is 9. The third kappa shape index (κ3) is 4.44. The summed E-state index contributed by atoms with van der Waals surface area (Å²) in [6.45, 7) is 2.85. The fourth-order valence-corrected chi connectivity index (χ4v) is 4.23. The van der Waals surface area contributed by atoms with Gasteiger partial charge in [0.25, 0.3) is 0 Å². The van der Waals surface area contributed by atoms with Gasteiger partial charge in [-0.05, 0) is 61.1 Å². The van der Waals surface area contributed by atoms with Crippen LogP contribution in [0.15, 0.2) is 12.1 Å². The zero-order chi connectivity index (χ0) is 22.9. The summed E-state index contributed by atoms with van der Waals surface area (Å²) in [5.41, 5.74) is 3.06. The molecule has 0 aliphatic heterocycles.